The van der Waals surface area contributed by atoms with Gasteiger partial charge in [-0.25, -0.2) is 0 Å². The van der Waals surface area contributed by atoms with E-state index in [1.807, 2.05) is 0 Å². The van der Waals surface area contributed by atoms with E-state index in [1.54, 1.807) is 12.8 Å². The first-order valence-corrected chi connectivity index (χ1v) is 6.65. The van der Waals surface area contributed by atoms with Crippen LogP contribution in [0.2, 0.25) is 0 Å². The van der Waals surface area contributed by atoms with Crippen LogP contribution in [-0.4, -0.2) is 0 Å². The lowest BCUT2D eigenvalue weighted by atomic mass is 9.59. The minimum atomic E-state index is 1.08. The zero-order valence-corrected chi connectivity index (χ0v) is 8.34. The van der Waals surface area contributed by atoms with Crippen LogP contribution in [0, 0.1) is 59.2 Å². The molecule has 5 saturated carbocycles. The van der Waals surface area contributed by atoms with Crippen molar-refractivity contribution in [1.82, 2.24) is 0 Å². The predicted octanol–water partition coefficient (Wildman–Crippen LogP) is 2.57. The van der Waals surface area contributed by atoms with Gasteiger partial charge < -0.3 is 0 Å². The SMILES string of the molecule is C1=CC2C3C1C1C4C5CCC4C(C21)C53. The quantitative estimate of drug-likeness (QED) is 0.508. The van der Waals surface area contributed by atoms with Crippen LogP contribution in [0.15, 0.2) is 12.2 Å². The van der Waals surface area contributed by atoms with E-state index in [0.29, 0.717) is 0 Å². The summed E-state index contributed by atoms with van der Waals surface area (Å²) < 4.78 is 0. The highest BCUT2D eigenvalue weighted by Gasteiger charge is 2.80. The highest BCUT2D eigenvalue weighted by Crippen LogP contribution is 2.84. The Morgan fingerprint density at radius 3 is 1.86 bits per heavy atom. The Hall–Kier alpha value is -0.260. The van der Waals surface area contributed by atoms with Gasteiger partial charge in [-0.05, 0) is 72.0 Å². The van der Waals surface area contributed by atoms with Crippen molar-refractivity contribution >= 4 is 0 Å². The molecule has 10 atom stereocenters. The molecular weight excluding hydrogens is 168 g/mol. The molecule has 0 heteroatoms. The zero-order valence-electron chi connectivity index (χ0n) is 8.34. The van der Waals surface area contributed by atoms with Crippen LogP contribution >= 0.6 is 0 Å². The molecule has 0 aromatic carbocycles. The number of hydrogen-bond acceptors (Lipinski definition) is 0. The third kappa shape index (κ3) is 0.355. The van der Waals surface area contributed by atoms with Crippen LogP contribution in [0.1, 0.15) is 12.8 Å². The first-order chi connectivity index (χ1) is 6.97. The fraction of sp³-hybridized carbons (Fsp3) is 0.857. The van der Waals surface area contributed by atoms with Crippen LogP contribution in [0.25, 0.3) is 0 Å². The lowest BCUT2D eigenvalue weighted by molar-refractivity contribution is 0.0334. The molecule has 0 aliphatic heterocycles. The summed E-state index contributed by atoms with van der Waals surface area (Å²) in [5, 5.41) is 0. The monoisotopic (exact) mass is 184 g/mol. The molecule has 0 spiro atoms. The van der Waals surface area contributed by atoms with Crippen LogP contribution in [-0.2, 0) is 0 Å². The summed E-state index contributed by atoms with van der Waals surface area (Å²) in [7, 11) is 0. The van der Waals surface area contributed by atoms with Crippen LogP contribution in [0.3, 0.4) is 0 Å². The second-order valence-electron chi connectivity index (χ2n) is 6.91. The van der Waals surface area contributed by atoms with E-state index in [4.69, 9.17) is 0 Å². The van der Waals surface area contributed by atoms with Gasteiger partial charge in [-0.15, -0.1) is 0 Å². The Kier molecular flexibility index (Phi) is 0.700. The van der Waals surface area contributed by atoms with Gasteiger partial charge in [0.05, 0.1) is 0 Å². The Morgan fingerprint density at radius 2 is 1.14 bits per heavy atom. The van der Waals surface area contributed by atoms with E-state index in [-0.39, 0.29) is 0 Å². The van der Waals surface area contributed by atoms with Crippen LogP contribution in [0.5, 0.6) is 0 Å². The summed E-state index contributed by atoms with van der Waals surface area (Å²) in [4.78, 5) is 0. The zero-order chi connectivity index (χ0) is 8.60. The first kappa shape index (κ1) is 6.35. The van der Waals surface area contributed by atoms with E-state index in [0.717, 1.165) is 11.8 Å². The Morgan fingerprint density at radius 1 is 0.571 bits per heavy atom. The molecule has 6 rings (SSSR count). The molecule has 0 amide bonds. The van der Waals surface area contributed by atoms with E-state index < -0.39 is 0 Å². The molecule has 0 radical (unpaired) electrons. The van der Waals surface area contributed by atoms with Gasteiger partial charge in [-0.2, -0.15) is 0 Å². The van der Waals surface area contributed by atoms with Gasteiger partial charge >= 0.3 is 0 Å². The van der Waals surface area contributed by atoms with Crippen molar-refractivity contribution in [2.24, 2.45) is 59.2 Å². The molecule has 0 aromatic rings. The maximum Gasteiger partial charge on any atom is -0.0162 e. The molecule has 0 N–H and O–H groups in total. The van der Waals surface area contributed by atoms with Crippen molar-refractivity contribution in [3.8, 4) is 0 Å². The standard InChI is InChI=1S/C14H16/c1-3-7-9-5(1)11-10-6-2-4-8(10)14(12(6)9)13(7)11/h1,3,5-14H,2,4H2. The molecule has 0 saturated heterocycles. The van der Waals surface area contributed by atoms with Gasteiger partial charge in [0.1, 0.15) is 0 Å². The summed E-state index contributed by atoms with van der Waals surface area (Å²) in [5.74, 6) is 11.8. The highest BCUT2D eigenvalue weighted by atomic mass is 14.8. The number of rotatable bonds is 0. The minimum Gasteiger partial charge on any atom is -0.0845 e. The molecule has 72 valence electrons. The average Bonchev–Trinajstić information content (AvgIpc) is 2.98. The summed E-state index contributed by atoms with van der Waals surface area (Å²) in [6, 6.07) is 0. The van der Waals surface area contributed by atoms with Crippen molar-refractivity contribution in [1.29, 1.82) is 0 Å². The normalized spacial score (nSPS) is 82.9. The van der Waals surface area contributed by atoms with E-state index in [1.165, 1.54) is 47.3 Å². The number of hydrogen-bond donors (Lipinski definition) is 0. The smallest absolute Gasteiger partial charge is 0.0162 e. The molecule has 6 aliphatic rings. The topological polar surface area (TPSA) is 0 Å². The van der Waals surface area contributed by atoms with Crippen molar-refractivity contribution in [2.75, 3.05) is 0 Å². The Balaban J connectivity index is 1.72. The summed E-state index contributed by atoms with van der Waals surface area (Å²) in [6.45, 7) is 0. The van der Waals surface area contributed by atoms with Gasteiger partial charge in [-0.3, -0.25) is 0 Å². The van der Waals surface area contributed by atoms with E-state index in [2.05, 4.69) is 12.2 Å². The second kappa shape index (κ2) is 1.54. The number of fused-ring (bicyclic) bond motifs is 2. The first-order valence-electron chi connectivity index (χ1n) is 6.65. The molecule has 0 aromatic heterocycles. The molecule has 0 heterocycles. The maximum absolute atomic E-state index is 2.62. The number of allylic oxidation sites excluding steroid dienone is 2. The van der Waals surface area contributed by atoms with Gasteiger partial charge in [0.2, 0.25) is 0 Å². The van der Waals surface area contributed by atoms with Crippen molar-refractivity contribution in [2.45, 2.75) is 12.8 Å². The Bertz CT molecular complexity index is 365. The van der Waals surface area contributed by atoms with Gasteiger partial charge in [-0.1, -0.05) is 12.2 Å². The highest BCUT2D eigenvalue weighted by molar-refractivity contribution is 5.35. The van der Waals surface area contributed by atoms with E-state index in [9.17, 15) is 0 Å². The van der Waals surface area contributed by atoms with Crippen LogP contribution < -0.4 is 0 Å². The average molecular weight is 184 g/mol. The Labute approximate surface area is 84.8 Å². The minimum absolute atomic E-state index is 1.08. The van der Waals surface area contributed by atoms with E-state index >= 15 is 0 Å². The lowest BCUT2D eigenvalue weighted by Crippen LogP contribution is -2.41. The third-order valence-electron chi connectivity index (χ3n) is 7.37. The summed E-state index contributed by atoms with van der Waals surface area (Å²) in [5.41, 5.74) is 0. The maximum atomic E-state index is 2.62. The molecular formula is C14H16. The second-order valence-corrected chi connectivity index (χ2v) is 6.91. The third-order valence-corrected chi connectivity index (χ3v) is 7.37. The fourth-order valence-electron chi connectivity index (χ4n) is 7.80. The molecule has 10 unspecified atom stereocenters. The van der Waals surface area contributed by atoms with Crippen molar-refractivity contribution < 1.29 is 0 Å². The predicted molar refractivity (Wildman–Crippen MR) is 53.3 cm³/mol. The van der Waals surface area contributed by atoms with Gasteiger partial charge in [0.25, 0.3) is 0 Å². The lowest BCUT2D eigenvalue weighted by Gasteiger charge is -2.45. The van der Waals surface area contributed by atoms with Gasteiger partial charge in [0, 0.05) is 0 Å². The largest absolute Gasteiger partial charge is 0.0845 e. The summed E-state index contributed by atoms with van der Waals surface area (Å²) >= 11 is 0. The summed E-state index contributed by atoms with van der Waals surface area (Å²) in [6.07, 6.45) is 8.48. The molecule has 0 nitrogen and oxygen atoms in total. The van der Waals surface area contributed by atoms with Crippen molar-refractivity contribution in [3.63, 3.8) is 0 Å². The fourth-order valence-corrected chi connectivity index (χ4v) is 7.80. The molecule has 5 fully saturated rings. The van der Waals surface area contributed by atoms with Gasteiger partial charge in [0.15, 0.2) is 0 Å². The molecule has 14 heavy (non-hydrogen) atoms. The van der Waals surface area contributed by atoms with Crippen LogP contribution in [0.4, 0.5) is 0 Å². The molecule has 8 bridgehead atoms. The van der Waals surface area contributed by atoms with Crippen molar-refractivity contribution in [3.05, 3.63) is 12.2 Å². The molecule has 6 aliphatic carbocycles.